The molecule has 0 aliphatic heterocycles. The Morgan fingerprint density at radius 1 is 1.12 bits per heavy atom. The van der Waals surface area contributed by atoms with Gasteiger partial charge >= 0.3 is 0 Å². The molecule has 4 fully saturated rings. The summed E-state index contributed by atoms with van der Waals surface area (Å²) in [5, 5.41) is 4.49. The number of hydrogen-bond donors (Lipinski definition) is 2. The van der Waals surface area contributed by atoms with Crippen LogP contribution in [0.1, 0.15) is 56.2 Å². The van der Waals surface area contributed by atoms with E-state index in [9.17, 15) is 0 Å². The molecule has 2 aromatic rings. The highest BCUT2D eigenvalue weighted by molar-refractivity contribution is 6.30. The Morgan fingerprint density at radius 2 is 1.88 bits per heavy atom. The fourth-order valence-electron chi connectivity index (χ4n) is 6.84. The van der Waals surface area contributed by atoms with Crippen LogP contribution in [0.5, 0.6) is 0 Å². The zero-order valence-electron chi connectivity index (χ0n) is 15.3. The molecule has 3 nitrogen and oxygen atoms in total. The van der Waals surface area contributed by atoms with E-state index < -0.39 is 0 Å². The van der Waals surface area contributed by atoms with Gasteiger partial charge in [-0.3, -0.25) is 0 Å². The number of H-pyrrole nitrogens is 1. The summed E-state index contributed by atoms with van der Waals surface area (Å²) >= 11 is 6.16. The smallest absolute Gasteiger partial charge is 0.0922 e. The van der Waals surface area contributed by atoms with Crippen molar-refractivity contribution in [1.29, 1.82) is 0 Å². The maximum Gasteiger partial charge on any atom is 0.0922 e. The minimum atomic E-state index is 0.415. The zero-order chi connectivity index (χ0) is 17.6. The molecular formula is C22H28ClN3. The lowest BCUT2D eigenvalue weighted by Gasteiger charge is -2.63. The van der Waals surface area contributed by atoms with Gasteiger partial charge in [0.15, 0.2) is 0 Å². The molecule has 2 N–H and O–H groups in total. The third-order valence-electron chi connectivity index (χ3n) is 7.34. The lowest BCUT2D eigenvalue weighted by molar-refractivity contribution is -0.0758. The van der Waals surface area contributed by atoms with Gasteiger partial charge in [0.05, 0.1) is 6.33 Å². The lowest BCUT2D eigenvalue weighted by atomic mass is 9.42. The fourth-order valence-corrected chi connectivity index (χ4v) is 6.97. The third-order valence-corrected chi connectivity index (χ3v) is 7.59. The highest BCUT2D eigenvalue weighted by Gasteiger charge is 2.57. The summed E-state index contributed by atoms with van der Waals surface area (Å²) in [6.07, 6.45) is 13.5. The van der Waals surface area contributed by atoms with Gasteiger partial charge in [0.25, 0.3) is 0 Å². The molecule has 0 spiro atoms. The van der Waals surface area contributed by atoms with Crippen molar-refractivity contribution >= 4 is 11.6 Å². The van der Waals surface area contributed by atoms with E-state index in [4.69, 9.17) is 11.6 Å². The highest BCUT2D eigenvalue weighted by atomic mass is 35.5. The maximum atomic E-state index is 6.16. The molecule has 4 saturated carbocycles. The van der Waals surface area contributed by atoms with Crippen molar-refractivity contribution in [3.8, 4) is 0 Å². The zero-order valence-corrected chi connectivity index (χ0v) is 16.1. The molecule has 1 aromatic heterocycles. The molecule has 2 unspecified atom stereocenters. The molecule has 138 valence electrons. The third kappa shape index (κ3) is 2.99. The van der Waals surface area contributed by atoms with Crippen LogP contribution in [-0.2, 0) is 12.0 Å². The summed E-state index contributed by atoms with van der Waals surface area (Å²) in [4.78, 5) is 7.28. The Labute approximate surface area is 160 Å². The minimum Gasteiger partial charge on any atom is -0.347 e. The summed E-state index contributed by atoms with van der Waals surface area (Å²) in [6, 6.07) is 8.79. The Balaban J connectivity index is 1.31. The molecule has 0 amide bonds. The second kappa shape index (κ2) is 6.38. The van der Waals surface area contributed by atoms with Gasteiger partial charge in [-0.25, -0.2) is 4.98 Å². The van der Waals surface area contributed by atoms with Crippen LogP contribution in [0.15, 0.2) is 36.8 Å². The number of rotatable bonds is 6. The van der Waals surface area contributed by atoms with Gasteiger partial charge in [-0.05, 0) is 91.9 Å². The number of benzene rings is 1. The molecular weight excluding hydrogens is 342 g/mol. The Morgan fingerprint density at radius 3 is 2.58 bits per heavy atom. The molecule has 2 atom stereocenters. The number of nitrogens with one attached hydrogen (secondary N) is 2. The molecule has 1 aromatic carbocycles. The second-order valence-corrected chi connectivity index (χ2v) is 9.69. The van der Waals surface area contributed by atoms with Crippen molar-refractivity contribution in [3.63, 3.8) is 0 Å². The summed E-state index contributed by atoms with van der Waals surface area (Å²) in [5.74, 6) is 1.86. The van der Waals surface area contributed by atoms with Gasteiger partial charge in [-0.15, -0.1) is 0 Å². The molecule has 4 aliphatic rings. The SMILES string of the molecule is Clc1ccc(C23CC4CC(CC(CCNCc5cnc[nH]5)(C4)C2)C3)cc1. The van der Waals surface area contributed by atoms with Crippen LogP contribution in [0.3, 0.4) is 0 Å². The van der Waals surface area contributed by atoms with E-state index in [-0.39, 0.29) is 0 Å². The van der Waals surface area contributed by atoms with E-state index in [0.717, 1.165) is 29.9 Å². The lowest BCUT2D eigenvalue weighted by Crippen LogP contribution is -2.54. The first-order chi connectivity index (χ1) is 12.6. The van der Waals surface area contributed by atoms with Gasteiger partial charge in [-0.1, -0.05) is 23.7 Å². The quantitative estimate of drug-likeness (QED) is 0.697. The van der Waals surface area contributed by atoms with Crippen LogP contribution in [0.25, 0.3) is 0 Å². The molecule has 26 heavy (non-hydrogen) atoms. The predicted octanol–water partition coefficient (Wildman–Crippen LogP) is 5.08. The first kappa shape index (κ1) is 16.8. The van der Waals surface area contributed by atoms with E-state index in [1.807, 2.05) is 6.20 Å². The Bertz CT molecular complexity index is 738. The summed E-state index contributed by atoms with van der Waals surface area (Å²) < 4.78 is 0. The molecule has 0 radical (unpaired) electrons. The molecule has 6 rings (SSSR count). The number of aromatic amines is 1. The van der Waals surface area contributed by atoms with Gasteiger partial charge in [0.1, 0.15) is 0 Å². The van der Waals surface area contributed by atoms with E-state index >= 15 is 0 Å². The number of hydrogen-bond acceptors (Lipinski definition) is 2. The first-order valence-electron chi connectivity index (χ1n) is 10.1. The van der Waals surface area contributed by atoms with Gasteiger partial charge in [0.2, 0.25) is 0 Å². The summed E-state index contributed by atoms with van der Waals surface area (Å²) in [5.41, 5.74) is 3.68. The van der Waals surface area contributed by atoms with Gasteiger partial charge in [-0.2, -0.15) is 0 Å². The van der Waals surface area contributed by atoms with Crippen molar-refractivity contribution in [2.75, 3.05) is 6.54 Å². The van der Waals surface area contributed by atoms with Crippen molar-refractivity contribution < 1.29 is 0 Å². The number of aromatic nitrogens is 2. The van der Waals surface area contributed by atoms with E-state index in [0.29, 0.717) is 10.8 Å². The topological polar surface area (TPSA) is 40.7 Å². The predicted molar refractivity (Wildman–Crippen MR) is 105 cm³/mol. The van der Waals surface area contributed by atoms with Crippen molar-refractivity contribution in [1.82, 2.24) is 15.3 Å². The van der Waals surface area contributed by atoms with E-state index in [1.165, 1.54) is 50.6 Å². The molecule has 4 heteroatoms. The first-order valence-corrected chi connectivity index (χ1v) is 10.5. The monoisotopic (exact) mass is 369 g/mol. The largest absolute Gasteiger partial charge is 0.347 e. The standard InChI is InChI=1S/C22H28ClN3/c23-19-3-1-18(2-4-19)22-10-16-7-17(11-22)9-21(8-16,14-22)5-6-24-12-20-13-25-15-26-20/h1-4,13,15-17,24H,5-12,14H2,(H,25,26). The highest BCUT2D eigenvalue weighted by Crippen LogP contribution is 2.66. The molecule has 4 aliphatic carbocycles. The molecule has 1 heterocycles. The van der Waals surface area contributed by atoms with Crippen LogP contribution in [0.4, 0.5) is 0 Å². The van der Waals surface area contributed by atoms with Gasteiger partial charge < -0.3 is 10.3 Å². The Hall–Kier alpha value is -1.32. The van der Waals surface area contributed by atoms with E-state index in [1.54, 1.807) is 11.9 Å². The Kier molecular flexibility index (Phi) is 4.13. The van der Waals surface area contributed by atoms with Crippen molar-refractivity contribution in [3.05, 3.63) is 53.1 Å². The fraction of sp³-hybridized carbons (Fsp3) is 0.591. The van der Waals surface area contributed by atoms with E-state index in [2.05, 4.69) is 39.6 Å². The number of halogens is 1. The average molecular weight is 370 g/mol. The number of imidazole rings is 1. The van der Waals surface area contributed by atoms with Crippen LogP contribution < -0.4 is 5.32 Å². The van der Waals surface area contributed by atoms with Crippen molar-refractivity contribution in [2.24, 2.45) is 17.3 Å². The van der Waals surface area contributed by atoms with Crippen molar-refractivity contribution in [2.45, 2.75) is 56.9 Å². The summed E-state index contributed by atoms with van der Waals surface area (Å²) in [6.45, 7) is 2.00. The van der Waals surface area contributed by atoms with Gasteiger partial charge in [0, 0.05) is 23.5 Å². The van der Waals surface area contributed by atoms with Crippen LogP contribution in [0, 0.1) is 17.3 Å². The minimum absolute atomic E-state index is 0.415. The average Bonchev–Trinajstić information content (AvgIpc) is 3.11. The summed E-state index contributed by atoms with van der Waals surface area (Å²) in [7, 11) is 0. The van der Waals surface area contributed by atoms with Crippen LogP contribution >= 0.6 is 11.6 Å². The maximum absolute atomic E-state index is 6.16. The second-order valence-electron chi connectivity index (χ2n) is 9.25. The molecule has 4 bridgehead atoms. The molecule has 0 saturated heterocycles. The van der Waals surface area contributed by atoms with Crippen LogP contribution in [-0.4, -0.2) is 16.5 Å². The normalized spacial score (nSPS) is 35.1. The number of nitrogens with zero attached hydrogens (tertiary/aromatic N) is 1. The van der Waals surface area contributed by atoms with Crippen LogP contribution in [0.2, 0.25) is 5.02 Å².